The molecule has 0 spiro atoms. The normalized spacial score (nSPS) is 10.6. The van der Waals surface area contributed by atoms with Crippen LogP contribution in [-0.2, 0) is 6.54 Å². The molecular weight excluding hydrogens is 410 g/mol. The molecule has 0 bridgehead atoms. The Labute approximate surface area is 185 Å². The van der Waals surface area contributed by atoms with E-state index in [0.717, 1.165) is 11.3 Å². The van der Waals surface area contributed by atoms with Crippen molar-refractivity contribution < 1.29 is 4.79 Å². The van der Waals surface area contributed by atoms with Crippen LogP contribution in [0.15, 0.2) is 90.0 Å². The fourth-order valence-corrected chi connectivity index (χ4v) is 3.61. The molecule has 4 aromatic rings. The molecule has 4 rings (SSSR count). The number of amides is 1. The van der Waals surface area contributed by atoms with E-state index >= 15 is 0 Å². The van der Waals surface area contributed by atoms with Crippen LogP contribution in [0.25, 0.3) is 11.3 Å². The summed E-state index contributed by atoms with van der Waals surface area (Å²) in [5, 5.41) is 3.49. The molecule has 2 aromatic carbocycles. The lowest BCUT2D eigenvalue weighted by molar-refractivity contribution is 0.102. The molecule has 1 N–H and O–H groups in total. The van der Waals surface area contributed by atoms with E-state index in [1.807, 2.05) is 60.0 Å². The highest BCUT2D eigenvalue weighted by molar-refractivity contribution is 6.30. The molecule has 31 heavy (non-hydrogen) atoms. The second-order valence-corrected chi connectivity index (χ2v) is 7.58. The van der Waals surface area contributed by atoms with Gasteiger partial charge in [-0.25, -0.2) is 0 Å². The summed E-state index contributed by atoms with van der Waals surface area (Å²) in [6.45, 7) is 2.33. The molecule has 2 aromatic heterocycles. The van der Waals surface area contributed by atoms with Crippen molar-refractivity contribution in [1.82, 2.24) is 9.55 Å². The second kappa shape index (κ2) is 8.98. The highest BCUT2D eigenvalue weighted by atomic mass is 35.5. The third-order valence-electron chi connectivity index (χ3n) is 4.97. The number of halogens is 1. The first-order chi connectivity index (χ1) is 15.0. The van der Waals surface area contributed by atoms with Crippen LogP contribution in [0.2, 0.25) is 5.02 Å². The van der Waals surface area contributed by atoms with E-state index in [1.54, 1.807) is 30.6 Å². The van der Waals surface area contributed by atoms with E-state index in [1.165, 1.54) is 6.07 Å². The molecule has 154 valence electrons. The molecule has 0 aliphatic rings. The average molecular weight is 430 g/mol. The number of nitrogens with one attached hydrogen (secondary N) is 1. The zero-order valence-corrected chi connectivity index (χ0v) is 17.6. The van der Waals surface area contributed by atoms with Crippen LogP contribution in [0.3, 0.4) is 0 Å². The van der Waals surface area contributed by atoms with Crippen molar-refractivity contribution in [2.75, 3.05) is 5.32 Å². The largest absolute Gasteiger partial charge is 0.340 e. The Morgan fingerprint density at radius 1 is 1.03 bits per heavy atom. The lowest BCUT2D eigenvalue weighted by atomic mass is 10.0. The van der Waals surface area contributed by atoms with Gasteiger partial charge in [-0.15, -0.1) is 0 Å². The first-order valence-electron chi connectivity index (χ1n) is 9.78. The molecule has 0 radical (unpaired) electrons. The van der Waals surface area contributed by atoms with E-state index < -0.39 is 5.91 Å². The summed E-state index contributed by atoms with van der Waals surface area (Å²) in [4.78, 5) is 30.4. The number of hydrogen-bond donors (Lipinski definition) is 1. The number of carbonyl (C=O) groups excluding carboxylic acids is 1. The van der Waals surface area contributed by atoms with Crippen LogP contribution >= 0.6 is 11.6 Å². The summed E-state index contributed by atoms with van der Waals surface area (Å²) in [5.41, 5.74) is 3.32. The molecule has 0 saturated carbocycles. The molecule has 0 aliphatic heterocycles. The zero-order valence-electron chi connectivity index (χ0n) is 16.9. The smallest absolute Gasteiger partial charge is 0.261 e. The summed E-state index contributed by atoms with van der Waals surface area (Å²) in [7, 11) is 0. The quantitative estimate of drug-likeness (QED) is 0.475. The van der Waals surface area contributed by atoms with Crippen LogP contribution in [0.5, 0.6) is 0 Å². The van der Waals surface area contributed by atoms with Gasteiger partial charge in [0.25, 0.3) is 5.91 Å². The number of pyridine rings is 2. The minimum atomic E-state index is -0.458. The van der Waals surface area contributed by atoms with Gasteiger partial charge in [0.05, 0.1) is 5.69 Å². The first-order valence-corrected chi connectivity index (χ1v) is 10.2. The average Bonchev–Trinajstić information content (AvgIpc) is 2.78. The zero-order chi connectivity index (χ0) is 21.8. The van der Waals surface area contributed by atoms with Crippen molar-refractivity contribution in [3.8, 4) is 11.3 Å². The van der Waals surface area contributed by atoms with Crippen molar-refractivity contribution in [2.24, 2.45) is 0 Å². The monoisotopic (exact) mass is 429 g/mol. The van der Waals surface area contributed by atoms with E-state index in [4.69, 9.17) is 11.6 Å². The topological polar surface area (TPSA) is 64.0 Å². The number of hydrogen-bond acceptors (Lipinski definition) is 3. The third-order valence-corrected chi connectivity index (χ3v) is 5.22. The first kappa shape index (κ1) is 20.6. The molecular formula is C25H20ClN3O2. The van der Waals surface area contributed by atoms with Gasteiger partial charge >= 0.3 is 0 Å². The Bertz CT molecular complexity index is 1270. The van der Waals surface area contributed by atoms with E-state index in [2.05, 4.69) is 10.3 Å². The maximum Gasteiger partial charge on any atom is 0.261 e. The maximum atomic E-state index is 13.2. The fourth-order valence-electron chi connectivity index (χ4n) is 3.48. The summed E-state index contributed by atoms with van der Waals surface area (Å²) in [6, 6.07) is 21.7. The molecule has 0 unspecified atom stereocenters. The highest BCUT2D eigenvalue weighted by Gasteiger charge is 2.22. The predicted molar refractivity (Wildman–Crippen MR) is 124 cm³/mol. The van der Waals surface area contributed by atoms with Gasteiger partial charge in [-0.1, -0.05) is 41.9 Å². The molecule has 0 atom stereocenters. The van der Waals surface area contributed by atoms with Crippen LogP contribution < -0.4 is 10.7 Å². The number of nitrogens with zero attached hydrogens (tertiary/aromatic N) is 2. The molecule has 0 aliphatic carbocycles. The van der Waals surface area contributed by atoms with Gasteiger partial charge in [0.1, 0.15) is 5.56 Å². The van der Waals surface area contributed by atoms with Gasteiger partial charge in [0, 0.05) is 47.0 Å². The Hall–Kier alpha value is -3.70. The van der Waals surface area contributed by atoms with Crippen molar-refractivity contribution in [2.45, 2.75) is 13.5 Å². The Balaban J connectivity index is 1.88. The number of aryl methyl sites for hydroxylation is 1. The van der Waals surface area contributed by atoms with Crippen molar-refractivity contribution in [3.05, 3.63) is 117 Å². The number of rotatable bonds is 5. The summed E-state index contributed by atoms with van der Waals surface area (Å²) >= 11 is 6.03. The predicted octanol–water partition coefficient (Wildman–Crippen LogP) is 5.17. The van der Waals surface area contributed by atoms with Crippen LogP contribution in [0.4, 0.5) is 5.69 Å². The number of para-hydroxylation sites is 1. The van der Waals surface area contributed by atoms with Gasteiger partial charge in [-0.2, -0.15) is 0 Å². The lowest BCUT2D eigenvalue weighted by Gasteiger charge is -2.20. The number of carbonyl (C=O) groups is 1. The Morgan fingerprint density at radius 3 is 2.45 bits per heavy atom. The Kier molecular flexibility index (Phi) is 5.96. The van der Waals surface area contributed by atoms with Crippen molar-refractivity contribution in [3.63, 3.8) is 0 Å². The van der Waals surface area contributed by atoms with Gasteiger partial charge in [-0.3, -0.25) is 14.6 Å². The van der Waals surface area contributed by atoms with Crippen LogP contribution in [-0.4, -0.2) is 15.5 Å². The van der Waals surface area contributed by atoms with Crippen LogP contribution in [0, 0.1) is 6.92 Å². The molecule has 1 amide bonds. The SMILES string of the molecule is Cc1cc(=O)c(C(=O)Nc2ccccc2)c(-c2cccnc2)n1Cc1ccc(Cl)cc1. The van der Waals surface area contributed by atoms with Crippen molar-refractivity contribution in [1.29, 1.82) is 0 Å². The van der Waals surface area contributed by atoms with E-state index in [0.29, 0.717) is 28.5 Å². The van der Waals surface area contributed by atoms with Gasteiger partial charge in [0.15, 0.2) is 5.43 Å². The second-order valence-electron chi connectivity index (χ2n) is 7.15. The Morgan fingerprint density at radius 2 is 1.77 bits per heavy atom. The maximum absolute atomic E-state index is 13.2. The molecule has 0 saturated heterocycles. The molecule has 5 nitrogen and oxygen atoms in total. The molecule has 6 heteroatoms. The summed E-state index contributed by atoms with van der Waals surface area (Å²) < 4.78 is 1.96. The summed E-state index contributed by atoms with van der Waals surface area (Å²) in [6.07, 6.45) is 3.32. The van der Waals surface area contributed by atoms with Crippen LogP contribution in [0.1, 0.15) is 21.6 Å². The van der Waals surface area contributed by atoms with Gasteiger partial charge in [0.2, 0.25) is 0 Å². The minimum absolute atomic E-state index is 0.0800. The van der Waals surface area contributed by atoms with Crippen molar-refractivity contribution >= 4 is 23.2 Å². The number of anilines is 1. The number of benzene rings is 2. The molecule has 2 heterocycles. The lowest BCUT2D eigenvalue weighted by Crippen LogP contribution is -2.27. The number of aromatic nitrogens is 2. The standard InChI is InChI=1S/C25H20ClN3O2/c1-17-14-22(30)23(25(31)28-21-7-3-2-4-8-21)24(19-6-5-13-27-15-19)29(17)16-18-9-11-20(26)12-10-18/h2-15H,16H2,1H3,(H,28,31). The molecule has 0 fully saturated rings. The highest BCUT2D eigenvalue weighted by Crippen LogP contribution is 2.25. The fraction of sp³-hybridized carbons (Fsp3) is 0.0800. The van der Waals surface area contributed by atoms with Gasteiger partial charge < -0.3 is 9.88 Å². The minimum Gasteiger partial charge on any atom is -0.340 e. The van der Waals surface area contributed by atoms with E-state index in [9.17, 15) is 9.59 Å². The summed E-state index contributed by atoms with van der Waals surface area (Å²) in [5.74, 6) is -0.458. The third kappa shape index (κ3) is 4.57. The van der Waals surface area contributed by atoms with E-state index in [-0.39, 0.29) is 11.0 Å². The van der Waals surface area contributed by atoms with Gasteiger partial charge in [-0.05, 0) is 48.9 Å².